The fraction of sp³-hybridized carbons (Fsp3) is 0.556. The number of carbonyl (C=O) groups excluding carboxylic acids is 10. The number of benzene rings is 5. The van der Waals surface area contributed by atoms with Crippen molar-refractivity contribution in [3.63, 3.8) is 0 Å². The average Bonchev–Trinajstić information content (AvgIpc) is 0.839. The normalized spacial score (nSPS) is 23.4. The number of ketones is 5. The molecule has 0 radical (unpaired) electrons. The van der Waals surface area contributed by atoms with Crippen molar-refractivity contribution in [1.29, 1.82) is 0 Å². The predicted octanol–water partition coefficient (Wildman–Crippen LogP) is 18.0. The molecular formula is C90H119N5O15. The van der Waals surface area contributed by atoms with Crippen LogP contribution in [-0.2, 0) is 73.9 Å². The van der Waals surface area contributed by atoms with E-state index in [0.717, 1.165) is 72.3 Å². The van der Waals surface area contributed by atoms with Gasteiger partial charge in [0, 0.05) is 32.1 Å². The maximum Gasteiger partial charge on any atom is 0.408 e. The van der Waals surface area contributed by atoms with Crippen molar-refractivity contribution in [3.05, 3.63) is 167 Å². The van der Waals surface area contributed by atoms with E-state index in [9.17, 15) is 47.9 Å². The highest BCUT2D eigenvalue weighted by Gasteiger charge is 2.41. The Bertz CT molecular complexity index is 3640. The Morgan fingerprint density at radius 2 is 0.609 bits per heavy atom. The van der Waals surface area contributed by atoms with Crippen LogP contribution in [0, 0.1) is 35.5 Å². The number of hydrogen-bond acceptors (Lipinski definition) is 15. The number of rotatable bonds is 25. The fourth-order valence-corrected chi connectivity index (χ4v) is 15.7. The number of alkyl carbamates (subject to hydrolysis) is 5. The molecule has 8 aliphatic carbocycles. The molecule has 0 spiro atoms. The van der Waals surface area contributed by atoms with Gasteiger partial charge in [0.25, 0.3) is 0 Å². The van der Waals surface area contributed by atoms with Crippen LogP contribution in [0.2, 0.25) is 0 Å². The van der Waals surface area contributed by atoms with Gasteiger partial charge < -0.3 is 50.3 Å². The minimum atomic E-state index is -0.540. The fourth-order valence-electron chi connectivity index (χ4n) is 15.7. The third-order valence-corrected chi connectivity index (χ3v) is 23.0. The Kier molecular flexibility index (Phi) is 34.4. The zero-order chi connectivity index (χ0) is 78.2. The summed E-state index contributed by atoms with van der Waals surface area (Å²) in [5, 5.41) is 13.2. The highest BCUT2D eigenvalue weighted by Crippen LogP contribution is 2.35. The quantitative estimate of drug-likeness (QED) is 0.0268. The second-order valence-electron chi connectivity index (χ2n) is 31.9. The molecule has 5 amide bonds. The highest BCUT2D eigenvalue weighted by molar-refractivity contribution is 5.95. The van der Waals surface area contributed by atoms with Crippen LogP contribution < -0.4 is 26.6 Å². The number of hydrogen-bond donors (Lipinski definition) is 5. The Hall–Kier alpha value is -9.20. The van der Waals surface area contributed by atoms with E-state index >= 15 is 0 Å². The van der Waals surface area contributed by atoms with E-state index in [1.807, 2.05) is 120 Å². The average molecular weight is 1510 g/mol. The Morgan fingerprint density at radius 1 is 0.309 bits per heavy atom. The molecule has 10 atom stereocenters. The molecule has 20 heteroatoms. The van der Waals surface area contributed by atoms with Crippen molar-refractivity contribution < 1.29 is 71.6 Å². The van der Waals surface area contributed by atoms with E-state index < -0.39 is 30.5 Å². The first-order valence-electron chi connectivity index (χ1n) is 40.9. The van der Waals surface area contributed by atoms with E-state index in [4.69, 9.17) is 23.7 Å². The first kappa shape index (κ1) is 84.8. The third-order valence-electron chi connectivity index (χ3n) is 23.0. The molecule has 0 aliphatic heterocycles. The van der Waals surface area contributed by atoms with Gasteiger partial charge in [0.1, 0.15) is 19.8 Å². The Balaban J connectivity index is 0.000000158. The number of ether oxygens (including phenoxy) is 5. The van der Waals surface area contributed by atoms with Gasteiger partial charge in [-0.05, 0) is 156 Å². The molecule has 0 bridgehead atoms. The molecular weight excluding hydrogens is 1390 g/mol. The third kappa shape index (κ3) is 27.7. The zero-order valence-corrected chi connectivity index (χ0v) is 65.5. The smallest absolute Gasteiger partial charge is 0.408 e. The summed E-state index contributed by atoms with van der Waals surface area (Å²) in [6.45, 7) is 11.3. The number of carbonyl (C=O) groups is 10. The number of Topliss-reactive ketones (excluding diaryl/α,β-unsaturated/α-hetero) is 5. The van der Waals surface area contributed by atoms with Crippen molar-refractivity contribution in [1.82, 2.24) is 26.6 Å². The number of unbranched alkanes of at least 4 members (excludes halogenated alkanes) is 3. The summed E-state index contributed by atoms with van der Waals surface area (Å²) < 4.78 is 25.8. The van der Waals surface area contributed by atoms with Gasteiger partial charge >= 0.3 is 30.5 Å². The summed E-state index contributed by atoms with van der Waals surface area (Å²) in [5.74, 6) is 3.84. The lowest BCUT2D eigenvalue weighted by Crippen LogP contribution is -2.53. The molecule has 8 saturated carbocycles. The van der Waals surface area contributed by atoms with Gasteiger partial charge in [-0.3, -0.25) is 24.0 Å². The lowest BCUT2D eigenvalue weighted by molar-refractivity contribution is -0.130. The van der Waals surface area contributed by atoms with Crippen LogP contribution in [0.3, 0.4) is 0 Å². The van der Waals surface area contributed by atoms with E-state index in [1.165, 1.54) is 119 Å². The molecule has 0 unspecified atom stereocenters. The van der Waals surface area contributed by atoms with Crippen LogP contribution in [0.1, 0.15) is 247 Å². The van der Waals surface area contributed by atoms with Gasteiger partial charge in [0.2, 0.25) is 0 Å². The van der Waals surface area contributed by atoms with Gasteiger partial charge in [0.05, 0.1) is 43.4 Å². The van der Waals surface area contributed by atoms with Gasteiger partial charge in [-0.1, -0.05) is 245 Å². The highest BCUT2D eigenvalue weighted by atomic mass is 16.6. The molecule has 110 heavy (non-hydrogen) atoms. The van der Waals surface area contributed by atoms with Crippen LogP contribution in [0.15, 0.2) is 133 Å². The zero-order valence-electron chi connectivity index (χ0n) is 65.5. The standard InChI is InChI=1S/2C19H25NO3.C19H19NO3.C17H23NO3.C16H27NO3/c3*1-13-11-17(21)18(13)20-19(22)23-12-14-7-9-16(10-8-14)15-5-3-2-4-6-15;1-13-12-15(19)16(13)18-17(20)21-11-7-3-6-10-14-8-4-2-5-9-14;1-12-11-14(18)15(12)17-16(19)20-10-6-5-9-13-7-3-2-4-8-13/h2*7-10,13,15,18H,2-6,11-12H2,1H3,(H,20,22);2-10,13,18H,11-12H2,1H3,(H,20,22);2,4-5,8-9,13,16H,3,6-7,10-12H2,1H3,(H,18,20);12-13,15H,2-11H2,1H3,(H,17,19)/t13-,18+;13-,18-;13-,18+;13-,16-;12-,15+/m00000/s1. The van der Waals surface area contributed by atoms with Crippen LogP contribution in [0.25, 0.3) is 11.1 Å². The van der Waals surface area contributed by atoms with Gasteiger partial charge in [-0.2, -0.15) is 0 Å². The van der Waals surface area contributed by atoms with E-state index in [1.54, 1.807) is 0 Å². The van der Waals surface area contributed by atoms with Crippen molar-refractivity contribution in [2.75, 3.05) is 13.2 Å². The molecule has 0 saturated heterocycles. The van der Waals surface area contributed by atoms with E-state index in [2.05, 4.69) is 75.1 Å². The summed E-state index contributed by atoms with van der Waals surface area (Å²) in [6.07, 6.45) is 27.8. The molecule has 20 nitrogen and oxygen atoms in total. The van der Waals surface area contributed by atoms with Gasteiger partial charge in [-0.25, -0.2) is 24.0 Å². The molecule has 594 valence electrons. The maximum atomic E-state index is 11.7. The minimum Gasteiger partial charge on any atom is -0.450 e. The van der Waals surface area contributed by atoms with Gasteiger partial charge in [-0.15, -0.1) is 0 Å². The topological polar surface area (TPSA) is 277 Å². The molecule has 5 aromatic carbocycles. The summed E-state index contributed by atoms with van der Waals surface area (Å²) in [5.41, 5.74) is 9.27. The first-order valence-corrected chi connectivity index (χ1v) is 40.9. The lowest BCUT2D eigenvalue weighted by atomic mass is 9.80. The molecule has 5 aromatic rings. The van der Waals surface area contributed by atoms with Crippen molar-refractivity contribution in [3.8, 4) is 11.1 Å². The van der Waals surface area contributed by atoms with Crippen molar-refractivity contribution in [2.45, 2.75) is 270 Å². The first-order chi connectivity index (χ1) is 53.2. The lowest BCUT2D eigenvalue weighted by Gasteiger charge is -2.32. The number of aryl methyl sites for hydroxylation is 1. The largest absolute Gasteiger partial charge is 0.450 e. The molecule has 0 heterocycles. The summed E-state index contributed by atoms with van der Waals surface area (Å²) in [7, 11) is 0. The molecule has 0 aromatic heterocycles. The summed E-state index contributed by atoms with van der Waals surface area (Å²) >= 11 is 0. The van der Waals surface area contributed by atoms with Crippen LogP contribution in [-0.4, -0.2) is 103 Å². The van der Waals surface area contributed by atoms with Gasteiger partial charge in [0.15, 0.2) is 28.9 Å². The van der Waals surface area contributed by atoms with Crippen LogP contribution in [0.5, 0.6) is 0 Å². The number of amides is 5. The van der Waals surface area contributed by atoms with E-state index in [0.29, 0.717) is 57.2 Å². The summed E-state index contributed by atoms with van der Waals surface area (Å²) in [4.78, 5) is 115. The Labute approximate surface area is 650 Å². The van der Waals surface area contributed by atoms with Crippen molar-refractivity contribution >= 4 is 59.4 Å². The molecule has 5 N–H and O–H groups in total. The number of nitrogens with one attached hydrogen (secondary N) is 5. The SMILES string of the molecule is C[C@H]1CC(=O)[C@@H]1NC(=O)OCCCCC1CCCCC1.C[C@H]1CC(=O)[C@@H]1NC(=O)OCc1ccc(-c2ccccc2)cc1.C[C@H]1CC(=O)[C@@H]1NC(=O)OCc1ccc(C2CCCCC2)cc1.C[C@H]1CC(=O)[C@H]1NC(=O)OCCCCCc1ccccc1.C[C@H]1CC(=O)[C@H]1NC(=O)OCc1ccc(C2CCCCC2)cc1. The predicted molar refractivity (Wildman–Crippen MR) is 423 cm³/mol. The molecule has 8 aliphatic rings. The Morgan fingerprint density at radius 3 is 0.945 bits per heavy atom. The second kappa shape index (κ2) is 44.6. The van der Waals surface area contributed by atoms with Crippen LogP contribution in [0.4, 0.5) is 24.0 Å². The molecule has 8 fully saturated rings. The second-order valence-corrected chi connectivity index (χ2v) is 31.9. The minimum absolute atomic E-state index is 0.0710. The maximum absolute atomic E-state index is 11.7. The van der Waals surface area contributed by atoms with Crippen LogP contribution >= 0.6 is 0 Å². The molecule has 13 rings (SSSR count). The van der Waals surface area contributed by atoms with Crippen molar-refractivity contribution in [2.24, 2.45) is 35.5 Å². The summed E-state index contributed by atoms with van der Waals surface area (Å²) in [6, 6.07) is 43.3. The van der Waals surface area contributed by atoms with E-state index in [-0.39, 0.29) is 109 Å². The monoisotopic (exact) mass is 1510 g/mol.